The van der Waals surface area contributed by atoms with Gasteiger partial charge in [-0.2, -0.15) is 0 Å². The van der Waals surface area contributed by atoms with Crippen LogP contribution in [0.4, 0.5) is 0 Å². The SMILES string of the molecule is COc1ccc(CCNC(=O)C(C)N)cc1OC.Cl. The summed E-state index contributed by atoms with van der Waals surface area (Å²) in [5, 5.41) is 2.76. The summed E-state index contributed by atoms with van der Waals surface area (Å²) in [6, 6.07) is 5.22. The number of hydrogen-bond acceptors (Lipinski definition) is 4. The van der Waals surface area contributed by atoms with Crippen molar-refractivity contribution in [3.63, 3.8) is 0 Å². The monoisotopic (exact) mass is 288 g/mol. The average Bonchev–Trinajstić information content (AvgIpc) is 2.38. The molecule has 1 aromatic carbocycles. The summed E-state index contributed by atoms with van der Waals surface area (Å²) in [5.74, 6) is 1.24. The van der Waals surface area contributed by atoms with Crippen LogP contribution in [0.3, 0.4) is 0 Å². The number of halogens is 1. The maximum Gasteiger partial charge on any atom is 0.236 e. The first-order chi connectivity index (χ1) is 8.58. The molecule has 0 aliphatic heterocycles. The van der Waals surface area contributed by atoms with Gasteiger partial charge in [0.25, 0.3) is 0 Å². The van der Waals surface area contributed by atoms with Gasteiger partial charge in [0.15, 0.2) is 11.5 Å². The fraction of sp³-hybridized carbons (Fsp3) is 0.462. The van der Waals surface area contributed by atoms with Crippen molar-refractivity contribution >= 4 is 18.3 Å². The van der Waals surface area contributed by atoms with Gasteiger partial charge >= 0.3 is 0 Å². The summed E-state index contributed by atoms with van der Waals surface area (Å²) in [6.45, 7) is 2.21. The Bertz CT molecular complexity index is 411. The average molecular weight is 289 g/mol. The molecule has 0 bridgehead atoms. The molecule has 5 nitrogen and oxygen atoms in total. The highest BCUT2D eigenvalue weighted by Gasteiger charge is 2.07. The lowest BCUT2D eigenvalue weighted by Gasteiger charge is -2.10. The second kappa shape index (κ2) is 8.61. The highest BCUT2D eigenvalue weighted by molar-refractivity contribution is 5.85. The number of methoxy groups -OCH3 is 2. The Kier molecular flexibility index (Phi) is 7.95. The van der Waals surface area contributed by atoms with Crippen molar-refractivity contribution in [3.05, 3.63) is 23.8 Å². The normalized spacial score (nSPS) is 11.2. The molecule has 0 spiro atoms. The molecular formula is C13H21ClN2O3. The number of rotatable bonds is 6. The van der Waals surface area contributed by atoms with Gasteiger partial charge in [0.1, 0.15) is 0 Å². The summed E-state index contributed by atoms with van der Waals surface area (Å²) in [6.07, 6.45) is 0.721. The molecular weight excluding hydrogens is 268 g/mol. The molecule has 1 rings (SSSR count). The molecule has 1 amide bonds. The van der Waals surface area contributed by atoms with Crippen LogP contribution < -0.4 is 20.5 Å². The Morgan fingerprint density at radius 3 is 2.47 bits per heavy atom. The molecule has 0 radical (unpaired) electrons. The number of nitrogens with two attached hydrogens (primary N) is 1. The van der Waals surface area contributed by atoms with Crippen LogP contribution in [0.1, 0.15) is 12.5 Å². The number of carbonyl (C=O) groups is 1. The van der Waals surface area contributed by atoms with Crippen molar-refractivity contribution in [2.45, 2.75) is 19.4 Å². The molecule has 0 aromatic heterocycles. The van der Waals surface area contributed by atoms with E-state index in [0.29, 0.717) is 18.0 Å². The third kappa shape index (κ3) is 5.36. The molecule has 1 aromatic rings. The number of hydrogen-bond donors (Lipinski definition) is 2. The van der Waals surface area contributed by atoms with Gasteiger partial charge < -0.3 is 20.5 Å². The van der Waals surface area contributed by atoms with Crippen molar-refractivity contribution in [1.82, 2.24) is 5.32 Å². The topological polar surface area (TPSA) is 73.6 Å². The standard InChI is InChI=1S/C13H20N2O3.ClH/c1-9(14)13(16)15-7-6-10-4-5-11(17-2)12(8-10)18-3;/h4-5,8-9H,6-7,14H2,1-3H3,(H,15,16);1H. The van der Waals surface area contributed by atoms with Crippen molar-refractivity contribution in [3.8, 4) is 11.5 Å². The third-order valence-corrected chi connectivity index (χ3v) is 2.57. The van der Waals surface area contributed by atoms with Crippen LogP contribution in [-0.2, 0) is 11.2 Å². The highest BCUT2D eigenvalue weighted by atomic mass is 35.5. The molecule has 0 saturated heterocycles. The van der Waals surface area contributed by atoms with Gasteiger partial charge in [-0.3, -0.25) is 4.79 Å². The van der Waals surface area contributed by atoms with Crippen molar-refractivity contribution in [2.75, 3.05) is 20.8 Å². The van der Waals surface area contributed by atoms with Gasteiger partial charge in [0.05, 0.1) is 20.3 Å². The zero-order valence-corrected chi connectivity index (χ0v) is 12.3. The van der Waals surface area contributed by atoms with Crippen LogP contribution in [0.2, 0.25) is 0 Å². The van der Waals surface area contributed by atoms with Crippen molar-refractivity contribution in [1.29, 1.82) is 0 Å². The predicted molar refractivity (Wildman–Crippen MR) is 77.2 cm³/mol. The molecule has 0 aliphatic rings. The van der Waals surface area contributed by atoms with Crippen molar-refractivity contribution < 1.29 is 14.3 Å². The first-order valence-corrected chi connectivity index (χ1v) is 5.82. The fourth-order valence-corrected chi connectivity index (χ4v) is 1.53. The Hall–Kier alpha value is -1.46. The molecule has 1 atom stereocenters. The minimum Gasteiger partial charge on any atom is -0.493 e. The number of ether oxygens (including phenoxy) is 2. The van der Waals surface area contributed by atoms with E-state index in [1.54, 1.807) is 21.1 Å². The lowest BCUT2D eigenvalue weighted by Crippen LogP contribution is -2.39. The fourth-order valence-electron chi connectivity index (χ4n) is 1.53. The Balaban J connectivity index is 0.00000324. The van der Waals surface area contributed by atoms with E-state index in [2.05, 4.69) is 5.32 Å². The lowest BCUT2D eigenvalue weighted by molar-refractivity contribution is -0.121. The Morgan fingerprint density at radius 2 is 1.95 bits per heavy atom. The molecule has 108 valence electrons. The van der Waals surface area contributed by atoms with E-state index in [0.717, 1.165) is 12.0 Å². The van der Waals surface area contributed by atoms with Gasteiger partial charge in [0.2, 0.25) is 5.91 Å². The van der Waals surface area contributed by atoms with Crippen LogP contribution in [-0.4, -0.2) is 32.7 Å². The minimum absolute atomic E-state index is 0. The van der Waals surface area contributed by atoms with Crippen LogP contribution in [0.25, 0.3) is 0 Å². The highest BCUT2D eigenvalue weighted by Crippen LogP contribution is 2.27. The summed E-state index contributed by atoms with van der Waals surface area (Å²) >= 11 is 0. The first kappa shape index (κ1) is 17.5. The summed E-state index contributed by atoms with van der Waals surface area (Å²) in [5.41, 5.74) is 6.52. The van der Waals surface area contributed by atoms with Gasteiger partial charge in [-0.05, 0) is 31.0 Å². The lowest BCUT2D eigenvalue weighted by atomic mass is 10.1. The van der Waals surface area contributed by atoms with E-state index in [1.807, 2.05) is 18.2 Å². The molecule has 0 heterocycles. The molecule has 19 heavy (non-hydrogen) atoms. The Labute approximate surface area is 119 Å². The largest absolute Gasteiger partial charge is 0.493 e. The number of amides is 1. The van der Waals surface area contributed by atoms with E-state index in [9.17, 15) is 4.79 Å². The molecule has 1 unspecified atom stereocenters. The van der Waals surface area contributed by atoms with Crippen LogP contribution in [0.15, 0.2) is 18.2 Å². The van der Waals surface area contributed by atoms with E-state index >= 15 is 0 Å². The van der Waals surface area contributed by atoms with Crippen LogP contribution in [0, 0.1) is 0 Å². The van der Waals surface area contributed by atoms with Crippen molar-refractivity contribution in [2.24, 2.45) is 5.73 Å². The smallest absolute Gasteiger partial charge is 0.236 e. The molecule has 3 N–H and O–H groups in total. The summed E-state index contributed by atoms with van der Waals surface area (Å²) in [7, 11) is 3.19. The van der Waals surface area contributed by atoms with Gasteiger partial charge in [0, 0.05) is 6.54 Å². The second-order valence-corrected chi connectivity index (χ2v) is 4.02. The van der Waals surface area contributed by atoms with Gasteiger partial charge in [-0.1, -0.05) is 6.07 Å². The quantitative estimate of drug-likeness (QED) is 0.823. The molecule has 0 aliphatic carbocycles. The Morgan fingerprint density at radius 1 is 1.32 bits per heavy atom. The molecule has 0 saturated carbocycles. The first-order valence-electron chi connectivity index (χ1n) is 5.82. The number of benzene rings is 1. The molecule has 6 heteroatoms. The predicted octanol–water partition coefficient (Wildman–Crippen LogP) is 1.13. The maximum atomic E-state index is 11.3. The van der Waals surface area contributed by atoms with E-state index in [-0.39, 0.29) is 18.3 Å². The van der Waals surface area contributed by atoms with E-state index in [4.69, 9.17) is 15.2 Å². The minimum atomic E-state index is -0.476. The van der Waals surface area contributed by atoms with Gasteiger partial charge in [-0.15, -0.1) is 12.4 Å². The second-order valence-electron chi connectivity index (χ2n) is 4.02. The maximum absolute atomic E-state index is 11.3. The van der Waals surface area contributed by atoms with Gasteiger partial charge in [-0.25, -0.2) is 0 Å². The van der Waals surface area contributed by atoms with Crippen LogP contribution >= 0.6 is 12.4 Å². The number of carbonyl (C=O) groups excluding carboxylic acids is 1. The zero-order chi connectivity index (χ0) is 13.5. The van der Waals surface area contributed by atoms with Crippen LogP contribution in [0.5, 0.6) is 11.5 Å². The zero-order valence-electron chi connectivity index (χ0n) is 11.4. The number of nitrogens with one attached hydrogen (secondary N) is 1. The third-order valence-electron chi connectivity index (χ3n) is 2.57. The molecule has 0 fully saturated rings. The summed E-state index contributed by atoms with van der Waals surface area (Å²) in [4.78, 5) is 11.3. The summed E-state index contributed by atoms with van der Waals surface area (Å²) < 4.78 is 10.4. The van der Waals surface area contributed by atoms with E-state index in [1.165, 1.54) is 0 Å². The van der Waals surface area contributed by atoms with E-state index < -0.39 is 6.04 Å².